The molecule has 0 amide bonds. The van der Waals surface area contributed by atoms with E-state index in [-0.39, 0.29) is 0 Å². The summed E-state index contributed by atoms with van der Waals surface area (Å²) in [5, 5.41) is 3.39. The number of pyridine rings is 1. The minimum absolute atomic E-state index is 0.294. The molecule has 1 saturated heterocycles. The van der Waals surface area contributed by atoms with Gasteiger partial charge in [0, 0.05) is 36.7 Å². The van der Waals surface area contributed by atoms with Gasteiger partial charge >= 0.3 is 0 Å². The standard InChI is InChI=1S/C15H25N3O/c1-4-14-11-19-12(3)10-18(14)15-6-7-17-9-13(15)8-16-5-2/h6-7,9,12,14,16H,4-5,8,10-11H2,1-3H3. The quantitative estimate of drug-likeness (QED) is 0.883. The zero-order valence-corrected chi connectivity index (χ0v) is 12.2. The van der Waals surface area contributed by atoms with Crippen molar-refractivity contribution in [3.05, 3.63) is 24.0 Å². The summed E-state index contributed by atoms with van der Waals surface area (Å²) in [7, 11) is 0. The second-order valence-electron chi connectivity index (χ2n) is 5.14. The maximum absolute atomic E-state index is 5.78. The van der Waals surface area contributed by atoms with Crippen molar-refractivity contribution in [3.8, 4) is 0 Å². The van der Waals surface area contributed by atoms with Gasteiger partial charge in [0.2, 0.25) is 0 Å². The lowest BCUT2D eigenvalue weighted by molar-refractivity contribution is 0.0299. The van der Waals surface area contributed by atoms with Crippen LogP contribution in [-0.2, 0) is 11.3 Å². The molecule has 2 heterocycles. The molecule has 0 spiro atoms. The molecule has 1 aromatic rings. The molecule has 2 unspecified atom stereocenters. The van der Waals surface area contributed by atoms with Crippen molar-refractivity contribution in [2.75, 3.05) is 24.6 Å². The first-order valence-electron chi connectivity index (χ1n) is 7.28. The lowest BCUT2D eigenvalue weighted by atomic mass is 10.1. The molecule has 4 heteroatoms. The summed E-state index contributed by atoms with van der Waals surface area (Å²) < 4.78 is 5.78. The molecular weight excluding hydrogens is 238 g/mol. The molecule has 1 aliphatic rings. The van der Waals surface area contributed by atoms with Crippen LogP contribution in [0.5, 0.6) is 0 Å². The molecule has 1 aromatic heterocycles. The monoisotopic (exact) mass is 263 g/mol. The normalized spacial score (nSPS) is 23.6. The maximum Gasteiger partial charge on any atom is 0.0723 e. The molecule has 1 fully saturated rings. The van der Waals surface area contributed by atoms with Gasteiger partial charge in [-0.05, 0) is 26.0 Å². The van der Waals surface area contributed by atoms with Gasteiger partial charge in [-0.3, -0.25) is 4.98 Å². The molecule has 0 aromatic carbocycles. The number of nitrogens with one attached hydrogen (secondary N) is 1. The predicted octanol–water partition coefficient (Wildman–Crippen LogP) is 2.19. The van der Waals surface area contributed by atoms with E-state index in [4.69, 9.17) is 4.74 Å². The van der Waals surface area contributed by atoms with E-state index < -0.39 is 0 Å². The predicted molar refractivity (Wildman–Crippen MR) is 78.5 cm³/mol. The lowest BCUT2D eigenvalue weighted by Gasteiger charge is -2.40. The van der Waals surface area contributed by atoms with E-state index in [2.05, 4.69) is 42.0 Å². The van der Waals surface area contributed by atoms with Crippen molar-refractivity contribution in [2.24, 2.45) is 0 Å². The first kappa shape index (κ1) is 14.3. The third-order valence-electron chi connectivity index (χ3n) is 3.69. The van der Waals surface area contributed by atoms with Crippen molar-refractivity contribution in [3.63, 3.8) is 0 Å². The van der Waals surface area contributed by atoms with Gasteiger partial charge in [-0.2, -0.15) is 0 Å². The zero-order chi connectivity index (χ0) is 13.7. The van der Waals surface area contributed by atoms with E-state index in [1.54, 1.807) is 0 Å². The molecule has 0 radical (unpaired) electrons. The van der Waals surface area contributed by atoms with Crippen LogP contribution in [0.2, 0.25) is 0 Å². The first-order valence-corrected chi connectivity index (χ1v) is 7.28. The smallest absolute Gasteiger partial charge is 0.0723 e. The molecule has 4 nitrogen and oxygen atoms in total. The average molecular weight is 263 g/mol. The SMILES string of the molecule is CCNCc1cnccc1N1CC(C)OCC1CC. The van der Waals surface area contributed by atoms with Gasteiger partial charge in [-0.15, -0.1) is 0 Å². The zero-order valence-electron chi connectivity index (χ0n) is 12.2. The van der Waals surface area contributed by atoms with Crippen LogP contribution in [0.25, 0.3) is 0 Å². The lowest BCUT2D eigenvalue weighted by Crippen LogP contribution is -2.49. The average Bonchev–Trinajstić information content (AvgIpc) is 2.45. The van der Waals surface area contributed by atoms with E-state index in [1.165, 1.54) is 11.3 Å². The van der Waals surface area contributed by atoms with Crippen LogP contribution in [0, 0.1) is 0 Å². The molecule has 106 valence electrons. The Labute approximate surface area is 116 Å². The fraction of sp³-hybridized carbons (Fsp3) is 0.667. The minimum Gasteiger partial charge on any atom is -0.375 e. The van der Waals surface area contributed by atoms with Gasteiger partial charge in [-0.25, -0.2) is 0 Å². The fourth-order valence-electron chi connectivity index (χ4n) is 2.57. The third-order valence-corrected chi connectivity index (χ3v) is 3.69. The molecule has 1 aliphatic heterocycles. The van der Waals surface area contributed by atoms with E-state index in [0.717, 1.165) is 32.7 Å². The number of anilines is 1. The molecule has 0 bridgehead atoms. The van der Waals surface area contributed by atoms with Gasteiger partial charge in [0.05, 0.1) is 18.8 Å². The maximum atomic E-state index is 5.78. The highest BCUT2D eigenvalue weighted by Gasteiger charge is 2.26. The topological polar surface area (TPSA) is 37.4 Å². The van der Waals surface area contributed by atoms with Crippen molar-refractivity contribution in [1.29, 1.82) is 0 Å². The Balaban J connectivity index is 2.22. The molecule has 2 rings (SSSR count). The summed E-state index contributed by atoms with van der Waals surface area (Å²) in [6.07, 6.45) is 5.26. The molecule has 1 N–H and O–H groups in total. The Morgan fingerprint density at radius 3 is 3.05 bits per heavy atom. The van der Waals surface area contributed by atoms with Crippen molar-refractivity contribution in [1.82, 2.24) is 10.3 Å². The molecular formula is C15H25N3O. The molecule has 19 heavy (non-hydrogen) atoms. The molecule has 0 saturated carbocycles. The third kappa shape index (κ3) is 3.45. The Bertz CT molecular complexity index is 397. The van der Waals surface area contributed by atoms with Crippen LogP contribution in [0.3, 0.4) is 0 Å². The van der Waals surface area contributed by atoms with Crippen LogP contribution in [0.4, 0.5) is 5.69 Å². The summed E-state index contributed by atoms with van der Waals surface area (Å²) in [5.74, 6) is 0. The Morgan fingerprint density at radius 2 is 2.32 bits per heavy atom. The van der Waals surface area contributed by atoms with Crippen LogP contribution in [0.15, 0.2) is 18.5 Å². The number of hydrogen-bond acceptors (Lipinski definition) is 4. The summed E-state index contributed by atoms with van der Waals surface area (Å²) in [5.41, 5.74) is 2.58. The summed E-state index contributed by atoms with van der Waals surface area (Å²) >= 11 is 0. The van der Waals surface area contributed by atoms with Crippen molar-refractivity contribution < 1.29 is 4.74 Å². The van der Waals surface area contributed by atoms with Gasteiger partial charge in [0.25, 0.3) is 0 Å². The van der Waals surface area contributed by atoms with Gasteiger partial charge in [0.1, 0.15) is 0 Å². The Kier molecular flexibility index (Phi) is 5.16. The van der Waals surface area contributed by atoms with Crippen LogP contribution in [0.1, 0.15) is 32.8 Å². The van der Waals surface area contributed by atoms with E-state index in [9.17, 15) is 0 Å². The second kappa shape index (κ2) is 6.87. The number of rotatable bonds is 5. The number of morpholine rings is 1. The van der Waals surface area contributed by atoms with Crippen molar-refractivity contribution >= 4 is 5.69 Å². The Hall–Kier alpha value is -1.13. The highest BCUT2D eigenvalue weighted by molar-refractivity contribution is 5.53. The largest absolute Gasteiger partial charge is 0.375 e. The molecule has 0 aliphatic carbocycles. The van der Waals surface area contributed by atoms with E-state index >= 15 is 0 Å². The summed E-state index contributed by atoms with van der Waals surface area (Å²) in [4.78, 5) is 6.75. The summed E-state index contributed by atoms with van der Waals surface area (Å²) in [6.45, 7) is 10.1. The number of aromatic nitrogens is 1. The highest BCUT2D eigenvalue weighted by atomic mass is 16.5. The Morgan fingerprint density at radius 1 is 1.47 bits per heavy atom. The fourth-order valence-corrected chi connectivity index (χ4v) is 2.57. The van der Waals surface area contributed by atoms with E-state index in [1.807, 2.05) is 12.4 Å². The first-order chi connectivity index (χ1) is 9.26. The van der Waals surface area contributed by atoms with E-state index in [0.29, 0.717) is 12.1 Å². The highest BCUT2D eigenvalue weighted by Crippen LogP contribution is 2.26. The molecule has 2 atom stereocenters. The van der Waals surface area contributed by atoms with Gasteiger partial charge in [0.15, 0.2) is 0 Å². The number of nitrogens with zero attached hydrogens (tertiary/aromatic N) is 2. The second-order valence-corrected chi connectivity index (χ2v) is 5.14. The van der Waals surface area contributed by atoms with Crippen LogP contribution < -0.4 is 10.2 Å². The van der Waals surface area contributed by atoms with Crippen LogP contribution >= 0.6 is 0 Å². The number of ether oxygens (including phenoxy) is 1. The van der Waals surface area contributed by atoms with Gasteiger partial charge < -0.3 is 15.0 Å². The minimum atomic E-state index is 0.294. The van der Waals surface area contributed by atoms with Crippen molar-refractivity contribution in [2.45, 2.75) is 45.9 Å². The summed E-state index contributed by atoms with van der Waals surface area (Å²) in [6, 6.07) is 2.60. The van der Waals surface area contributed by atoms with Crippen LogP contribution in [-0.4, -0.2) is 36.8 Å². The number of hydrogen-bond donors (Lipinski definition) is 1. The van der Waals surface area contributed by atoms with Gasteiger partial charge in [-0.1, -0.05) is 13.8 Å².